The maximum absolute atomic E-state index is 6.60. The van der Waals surface area contributed by atoms with Crippen molar-refractivity contribution in [2.45, 2.75) is 0 Å². The number of benzene rings is 8. The van der Waals surface area contributed by atoms with Crippen molar-refractivity contribution < 1.29 is 4.42 Å². The molecule has 0 saturated carbocycles. The van der Waals surface area contributed by atoms with E-state index in [0.29, 0.717) is 17.5 Å². The van der Waals surface area contributed by atoms with Crippen LogP contribution in [0, 0.1) is 0 Å². The highest BCUT2D eigenvalue weighted by Gasteiger charge is 2.22. The second-order valence-corrected chi connectivity index (χ2v) is 13.8. The van der Waals surface area contributed by atoms with Gasteiger partial charge in [-0.1, -0.05) is 158 Å². The van der Waals surface area contributed by atoms with Crippen LogP contribution < -0.4 is 0 Å². The lowest BCUT2D eigenvalue weighted by atomic mass is 9.89. The molecule has 0 spiro atoms. The molecule has 5 nitrogen and oxygen atoms in total. The molecular weight excluding hydrogens is 673 g/mol. The van der Waals surface area contributed by atoms with E-state index in [0.717, 1.165) is 88.1 Å². The molecule has 0 unspecified atom stereocenters. The number of hydrogen-bond donors (Lipinski definition) is 0. The predicted octanol–water partition coefficient (Wildman–Crippen LogP) is 13.0. The third-order valence-electron chi connectivity index (χ3n) is 10.5. The topological polar surface area (TPSA) is 64.7 Å². The van der Waals surface area contributed by atoms with Crippen LogP contribution in [0.5, 0.6) is 0 Å². The van der Waals surface area contributed by atoms with E-state index in [9.17, 15) is 0 Å². The van der Waals surface area contributed by atoms with E-state index in [2.05, 4.69) is 133 Å². The molecule has 0 aliphatic rings. The van der Waals surface area contributed by atoms with Crippen molar-refractivity contribution in [3.63, 3.8) is 0 Å². The molecule has 3 aromatic heterocycles. The molecule has 5 heteroatoms. The van der Waals surface area contributed by atoms with Gasteiger partial charge in [0.2, 0.25) is 0 Å². The number of fused-ring (bicyclic) bond motifs is 7. The Balaban J connectivity index is 1.15. The van der Waals surface area contributed by atoms with Gasteiger partial charge in [0.15, 0.2) is 17.5 Å². The fourth-order valence-electron chi connectivity index (χ4n) is 7.89. The third kappa shape index (κ3) is 5.24. The number of hydrogen-bond acceptors (Lipinski definition) is 5. The molecule has 0 N–H and O–H groups in total. The van der Waals surface area contributed by atoms with E-state index < -0.39 is 0 Å². The Morgan fingerprint density at radius 3 is 1.65 bits per heavy atom. The van der Waals surface area contributed by atoms with E-state index in [1.54, 1.807) is 0 Å². The molecule has 0 fully saturated rings. The number of nitrogens with zero attached hydrogens (tertiary/aromatic N) is 4. The van der Waals surface area contributed by atoms with Crippen molar-refractivity contribution in [3.05, 3.63) is 182 Å². The summed E-state index contributed by atoms with van der Waals surface area (Å²) in [5.74, 6) is 1.87. The average molecular weight is 703 g/mol. The van der Waals surface area contributed by atoms with Gasteiger partial charge in [-0.25, -0.2) is 19.9 Å². The minimum Gasteiger partial charge on any atom is -0.456 e. The van der Waals surface area contributed by atoms with Crippen molar-refractivity contribution in [2.24, 2.45) is 0 Å². The lowest BCUT2D eigenvalue weighted by Crippen LogP contribution is -2.00. The number of furan rings is 1. The van der Waals surface area contributed by atoms with Crippen LogP contribution in [-0.4, -0.2) is 19.9 Å². The molecule has 0 amide bonds. The van der Waals surface area contributed by atoms with Crippen molar-refractivity contribution in [3.8, 4) is 56.5 Å². The first-order valence-electron chi connectivity index (χ1n) is 18.4. The van der Waals surface area contributed by atoms with Gasteiger partial charge < -0.3 is 4.42 Å². The smallest absolute Gasteiger partial charge is 0.164 e. The Kier molecular flexibility index (Phi) is 7.10. The van der Waals surface area contributed by atoms with E-state index in [1.165, 1.54) is 5.39 Å². The zero-order valence-corrected chi connectivity index (χ0v) is 29.5. The van der Waals surface area contributed by atoms with Crippen molar-refractivity contribution in [1.82, 2.24) is 19.9 Å². The molecule has 0 bridgehead atoms. The van der Waals surface area contributed by atoms with Crippen LogP contribution in [0.25, 0.3) is 111 Å². The zero-order chi connectivity index (χ0) is 36.3. The summed E-state index contributed by atoms with van der Waals surface area (Å²) in [5.41, 5.74) is 9.55. The molecule has 3 heterocycles. The SMILES string of the molecule is c1ccc(-c2nc(-c3ccc(-c4c5c(cc6c(-c7ccccc7)nc7ccccc7c46)oc4ccccc45)cc3)nc(-c3ccc4ccccc4c3)n2)cc1. The van der Waals surface area contributed by atoms with E-state index in [4.69, 9.17) is 24.4 Å². The Morgan fingerprint density at radius 1 is 0.327 bits per heavy atom. The van der Waals surface area contributed by atoms with Gasteiger partial charge in [0.05, 0.1) is 11.2 Å². The Morgan fingerprint density at radius 2 is 0.891 bits per heavy atom. The molecule has 0 aliphatic heterocycles. The first-order valence-corrected chi connectivity index (χ1v) is 18.4. The van der Waals surface area contributed by atoms with Gasteiger partial charge in [0, 0.05) is 54.7 Å². The maximum atomic E-state index is 6.60. The number of pyridine rings is 1. The summed E-state index contributed by atoms with van der Waals surface area (Å²) in [6, 6.07) is 62.7. The number of aromatic nitrogens is 4. The molecule has 0 radical (unpaired) electrons. The molecule has 8 aromatic carbocycles. The second-order valence-electron chi connectivity index (χ2n) is 13.8. The molecule has 55 heavy (non-hydrogen) atoms. The van der Waals surface area contributed by atoms with Crippen LogP contribution >= 0.6 is 0 Å². The van der Waals surface area contributed by atoms with Gasteiger partial charge in [-0.2, -0.15) is 0 Å². The standard InChI is InChI=1S/C50H30N4O/c1-3-14-33(15-4-1)47-40-30-43-46(39-20-10-12-22-42(39)55-43)44(45(40)38-19-9-11-21-41(38)51-47)32-24-26-35(27-25-32)49-52-48(34-16-5-2-6-17-34)53-50(54-49)37-28-23-31-13-7-8-18-36(31)29-37/h1-30H. The number of rotatable bonds is 5. The molecule has 0 atom stereocenters. The molecule has 0 saturated heterocycles. The highest BCUT2D eigenvalue weighted by Crippen LogP contribution is 2.46. The highest BCUT2D eigenvalue weighted by atomic mass is 16.3. The normalized spacial score (nSPS) is 11.6. The zero-order valence-electron chi connectivity index (χ0n) is 29.5. The Hall–Kier alpha value is -7.50. The Labute approximate surface area is 316 Å². The van der Waals surface area contributed by atoms with Crippen LogP contribution in [0.4, 0.5) is 0 Å². The maximum Gasteiger partial charge on any atom is 0.164 e. The fraction of sp³-hybridized carbons (Fsp3) is 0. The van der Waals surface area contributed by atoms with Crippen LogP contribution in [-0.2, 0) is 0 Å². The first-order chi connectivity index (χ1) is 27.2. The summed E-state index contributed by atoms with van der Waals surface area (Å²) >= 11 is 0. The van der Waals surface area contributed by atoms with Crippen LogP contribution in [0.3, 0.4) is 0 Å². The lowest BCUT2D eigenvalue weighted by molar-refractivity contribution is 0.669. The fourth-order valence-corrected chi connectivity index (χ4v) is 7.89. The van der Waals surface area contributed by atoms with Crippen LogP contribution in [0.15, 0.2) is 186 Å². The molecule has 0 aliphatic carbocycles. The number of para-hydroxylation sites is 2. The van der Waals surface area contributed by atoms with E-state index in [1.807, 2.05) is 48.5 Å². The molecule has 11 aromatic rings. The van der Waals surface area contributed by atoms with Crippen molar-refractivity contribution >= 4 is 54.4 Å². The summed E-state index contributed by atoms with van der Waals surface area (Å²) < 4.78 is 6.60. The molecular formula is C50H30N4O. The summed E-state index contributed by atoms with van der Waals surface area (Å²) in [5, 5.41) is 7.74. The summed E-state index contributed by atoms with van der Waals surface area (Å²) in [6.45, 7) is 0. The summed E-state index contributed by atoms with van der Waals surface area (Å²) in [7, 11) is 0. The van der Waals surface area contributed by atoms with Gasteiger partial charge in [-0.15, -0.1) is 0 Å². The second kappa shape index (κ2) is 12.6. The summed E-state index contributed by atoms with van der Waals surface area (Å²) in [4.78, 5) is 20.3. The van der Waals surface area contributed by atoms with Gasteiger partial charge in [0.1, 0.15) is 11.2 Å². The largest absolute Gasteiger partial charge is 0.456 e. The third-order valence-corrected chi connectivity index (χ3v) is 10.5. The highest BCUT2D eigenvalue weighted by molar-refractivity contribution is 6.27. The van der Waals surface area contributed by atoms with Crippen molar-refractivity contribution in [1.29, 1.82) is 0 Å². The Bertz CT molecular complexity index is 3250. The molecule has 256 valence electrons. The average Bonchev–Trinajstić information content (AvgIpc) is 3.64. The predicted molar refractivity (Wildman–Crippen MR) is 225 cm³/mol. The van der Waals surface area contributed by atoms with Gasteiger partial charge in [0.25, 0.3) is 0 Å². The quantitative estimate of drug-likeness (QED) is 0.167. The minimum atomic E-state index is 0.612. The van der Waals surface area contributed by atoms with E-state index >= 15 is 0 Å². The van der Waals surface area contributed by atoms with Gasteiger partial charge >= 0.3 is 0 Å². The van der Waals surface area contributed by atoms with Gasteiger partial charge in [-0.05, 0) is 40.6 Å². The van der Waals surface area contributed by atoms with Crippen molar-refractivity contribution in [2.75, 3.05) is 0 Å². The monoisotopic (exact) mass is 702 g/mol. The van der Waals surface area contributed by atoms with Gasteiger partial charge in [-0.3, -0.25) is 0 Å². The summed E-state index contributed by atoms with van der Waals surface area (Å²) in [6.07, 6.45) is 0. The first kappa shape index (κ1) is 31.1. The lowest BCUT2D eigenvalue weighted by Gasteiger charge is -2.16. The van der Waals surface area contributed by atoms with Crippen LogP contribution in [0.2, 0.25) is 0 Å². The van der Waals surface area contributed by atoms with Crippen LogP contribution in [0.1, 0.15) is 0 Å². The van der Waals surface area contributed by atoms with E-state index in [-0.39, 0.29) is 0 Å². The molecule has 11 rings (SSSR count). The minimum absolute atomic E-state index is 0.612.